The van der Waals surface area contributed by atoms with E-state index in [-0.39, 0.29) is 19.8 Å². The van der Waals surface area contributed by atoms with Gasteiger partial charge in [0.05, 0.1) is 39.6 Å². The Morgan fingerprint density at radius 2 is 1.19 bits per heavy atom. The molecule has 0 radical (unpaired) electrons. The van der Waals surface area contributed by atoms with Crippen LogP contribution >= 0.6 is 0 Å². The SMILES string of the molecule is C#CCO.CC#CCOCC#Cc1ccccc1.Cc1c(CO)cc(-c2ccccc2)c2c1COC2.Cc1cc(CO)c(-c2ccccc2)c2c1COC2. The van der Waals surface area contributed by atoms with E-state index >= 15 is 0 Å². The van der Waals surface area contributed by atoms with Crippen LogP contribution in [-0.4, -0.2) is 35.1 Å². The lowest BCUT2D eigenvalue weighted by molar-refractivity contribution is 0.134. The molecule has 54 heavy (non-hydrogen) atoms. The van der Waals surface area contributed by atoms with Crippen molar-refractivity contribution in [1.82, 2.24) is 0 Å². The number of hydrogen-bond donors (Lipinski definition) is 3. The quantitative estimate of drug-likeness (QED) is 0.122. The molecular weight excluding hydrogens is 673 g/mol. The molecule has 0 amide bonds. The van der Waals surface area contributed by atoms with E-state index in [1.165, 1.54) is 44.5 Å². The summed E-state index contributed by atoms with van der Waals surface area (Å²) in [4.78, 5) is 0. The molecule has 0 saturated heterocycles. The summed E-state index contributed by atoms with van der Waals surface area (Å²) in [5.41, 5.74) is 15.1. The maximum Gasteiger partial charge on any atom is 0.109 e. The van der Waals surface area contributed by atoms with Crippen molar-refractivity contribution in [2.75, 3.05) is 19.8 Å². The Morgan fingerprint density at radius 3 is 1.78 bits per heavy atom. The van der Waals surface area contributed by atoms with Crippen LogP contribution in [0.2, 0.25) is 0 Å². The number of aliphatic hydroxyl groups is 3. The van der Waals surface area contributed by atoms with Crippen molar-refractivity contribution >= 4 is 0 Å². The molecule has 2 heterocycles. The number of aryl methyl sites for hydroxylation is 1. The zero-order valence-corrected chi connectivity index (χ0v) is 31.3. The van der Waals surface area contributed by atoms with E-state index in [0.29, 0.717) is 39.6 Å². The number of fused-ring (bicyclic) bond motifs is 2. The largest absolute Gasteiger partial charge is 0.392 e. The summed E-state index contributed by atoms with van der Waals surface area (Å²) in [5.74, 6) is 13.5. The summed E-state index contributed by atoms with van der Waals surface area (Å²) in [5, 5.41) is 26.7. The van der Waals surface area contributed by atoms with E-state index in [2.05, 4.69) is 80.4 Å². The van der Waals surface area contributed by atoms with Crippen LogP contribution in [0.5, 0.6) is 0 Å². The van der Waals surface area contributed by atoms with Gasteiger partial charge in [0.25, 0.3) is 0 Å². The second kappa shape index (κ2) is 22.6. The Balaban J connectivity index is 0.000000173. The number of ether oxygens (including phenoxy) is 3. The van der Waals surface area contributed by atoms with Crippen LogP contribution in [0.4, 0.5) is 0 Å². The number of benzene rings is 5. The summed E-state index contributed by atoms with van der Waals surface area (Å²) < 4.78 is 16.3. The van der Waals surface area contributed by atoms with E-state index in [4.69, 9.17) is 19.3 Å². The Hall–Kier alpha value is -5.46. The van der Waals surface area contributed by atoms with Crippen molar-refractivity contribution in [1.29, 1.82) is 0 Å². The molecule has 5 aromatic carbocycles. The number of rotatable bonds is 6. The van der Waals surface area contributed by atoms with Crippen molar-refractivity contribution in [3.8, 4) is 58.3 Å². The second-order valence-corrected chi connectivity index (χ2v) is 12.3. The van der Waals surface area contributed by atoms with Crippen molar-refractivity contribution < 1.29 is 29.5 Å². The van der Waals surface area contributed by atoms with Crippen LogP contribution in [0.25, 0.3) is 22.3 Å². The molecule has 5 aromatic rings. The molecule has 276 valence electrons. The number of aliphatic hydroxyl groups excluding tert-OH is 3. The molecule has 7 rings (SSSR count). The molecule has 0 unspecified atom stereocenters. The topological polar surface area (TPSA) is 88.4 Å². The Kier molecular flexibility index (Phi) is 17.3. The Labute approximate surface area is 320 Å². The van der Waals surface area contributed by atoms with Gasteiger partial charge in [0.1, 0.15) is 19.8 Å². The summed E-state index contributed by atoms with van der Waals surface area (Å²) in [6, 6.07) is 34.5. The third-order valence-corrected chi connectivity index (χ3v) is 8.89. The van der Waals surface area contributed by atoms with E-state index in [1.54, 1.807) is 6.92 Å². The van der Waals surface area contributed by atoms with Gasteiger partial charge in [-0.2, -0.15) is 0 Å². The average molecular weight is 721 g/mol. The number of hydrogen-bond acceptors (Lipinski definition) is 6. The minimum Gasteiger partial charge on any atom is -0.392 e. The fraction of sp³-hybridized carbons (Fsp3) is 0.250. The van der Waals surface area contributed by atoms with Crippen LogP contribution < -0.4 is 0 Å². The predicted octanol–water partition coefficient (Wildman–Crippen LogP) is 8.06. The lowest BCUT2D eigenvalue weighted by Gasteiger charge is -2.15. The zero-order valence-electron chi connectivity index (χ0n) is 31.3. The molecule has 0 bridgehead atoms. The van der Waals surface area contributed by atoms with Gasteiger partial charge in [-0.1, -0.05) is 109 Å². The van der Waals surface area contributed by atoms with Crippen LogP contribution in [0.1, 0.15) is 57.0 Å². The zero-order chi connectivity index (χ0) is 38.5. The smallest absolute Gasteiger partial charge is 0.109 e. The highest BCUT2D eigenvalue weighted by Crippen LogP contribution is 2.37. The van der Waals surface area contributed by atoms with Gasteiger partial charge in [-0.05, 0) is 106 Å². The molecule has 0 fully saturated rings. The van der Waals surface area contributed by atoms with Gasteiger partial charge in [-0.15, -0.1) is 12.3 Å². The van der Waals surface area contributed by atoms with Gasteiger partial charge >= 0.3 is 0 Å². The standard InChI is InChI=1S/2C16H16O2.C13H12O.C3H4O/c1-11-13(8-17)7-14(12-5-3-2-4-6-12)16-10-18-9-15(11)16;1-11-7-13(8-17)16(12-5-3-2-4-6-12)15-10-18-9-14(11)15;1-2-3-11-14-12-7-10-13-8-5-4-6-9-13;1-2-3-4/h2*2-7,17H,8-10H2,1H3;4-6,8-9H,11-12H2,1H3;1,4H,3H2. The third-order valence-electron chi connectivity index (χ3n) is 8.89. The lowest BCUT2D eigenvalue weighted by atomic mass is 9.90. The fourth-order valence-corrected chi connectivity index (χ4v) is 6.20. The van der Waals surface area contributed by atoms with Gasteiger partial charge in [-0.25, -0.2) is 0 Å². The molecule has 0 atom stereocenters. The Bertz CT molecular complexity index is 2090. The van der Waals surface area contributed by atoms with Gasteiger partial charge in [-0.3, -0.25) is 0 Å². The van der Waals surface area contributed by atoms with Crippen molar-refractivity contribution in [3.05, 3.63) is 153 Å². The number of terminal acetylenes is 1. The molecule has 6 heteroatoms. The van der Waals surface area contributed by atoms with Crippen LogP contribution in [0.3, 0.4) is 0 Å². The average Bonchev–Trinajstić information content (AvgIpc) is 3.93. The van der Waals surface area contributed by atoms with Crippen molar-refractivity contribution in [3.63, 3.8) is 0 Å². The van der Waals surface area contributed by atoms with Crippen LogP contribution in [0, 0.1) is 49.9 Å². The molecular formula is C48H48O6. The fourth-order valence-electron chi connectivity index (χ4n) is 6.20. The summed E-state index contributed by atoms with van der Waals surface area (Å²) >= 11 is 0. The molecule has 2 aliphatic rings. The van der Waals surface area contributed by atoms with E-state index in [1.807, 2.05) is 72.7 Å². The first-order valence-electron chi connectivity index (χ1n) is 17.8. The highest BCUT2D eigenvalue weighted by Gasteiger charge is 2.22. The highest BCUT2D eigenvalue weighted by atomic mass is 16.5. The molecule has 0 aliphatic carbocycles. The first-order valence-corrected chi connectivity index (χ1v) is 17.8. The van der Waals surface area contributed by atoms with Crippen LogP contribution in [0.15, 0.2) is 103 Å². The third kappa shape index (κ3) is 11.5. The minimum atomic E-state index is -0.153. The normalized spacial score (nSPS) is 11.6. The van der Waals surface area contributed by atoms with E-state index in [0.717, 1.165) is 27.8 Å². The lowest BCUT2D eigenvalue weighted by Crippen LogP contribution is -1.99. The summed E-state index contributed by atoms with van der Waals surface area (Å²) in [6.45, 7) is 9.50. The van der Waals surface area contributed by atoms with Crippen molar-refractivity contribution in [2.45, 2.75) is 60.4 Å². The van der Waals surface area contributed by atoms with Gasteiger partial charge in [0, 0.05) is 5.56 Å². The first-order chi connectivity index (χ1) is 26.5. The maximum absolute atomic E-state index is 9.59. The molecule has 0 spiro atoms. The molecule has 6 nitrogen and oxygen atoms in total. The monoisotopic (exact) mass is 720 g/mol. The molecule has 3 N–H and O–H groups in total. The summed E-state index contributed by atoms with van der Waals surface area (Å²) in [6.07, 6.45) is 4.53. The van der Waals surface area contributed by atoms with Crippen molar-refractivity contribution in [2.24, 2.45) is 0 Å². The van der Waals surface area contributed by atoms with Gasteiger partial charge in [0.15, 0.2) is 0 Å². The van der Waals surface area contributed by atoms with E-state index in [9.17, 15) is 10.2 Å². The van der Waals surface area contributed by atoms with Gasteiger partial charge in [0.2, 0.25) is 0 Å². The van der Waals surface area contributed by atoms with Crippen LogP contribution in [-0.2, 0) is 53.9 Å². The summed E-state index contributed by atoms with van der Waals surface area (Å²) in [7, 11) is 0. The van der Waals surface area contributed by atoms with Gasteiger partial charge < -0.3 is 29.5 Å². The minimum absolute atomic E-state index is 0.0678. The predicted molar refractivity (Wildman–Crippen MR) is 216 cm³/mol. The second-order valence-electron chi connectivity index (χ2n) is 12.3. The molecule has 2 aliphatic heterocycles. The highest BCUT2D eigenvalue weighted by molar-refractivity contribution is 5.74. The maximum atomic E-state index is 9.59. The molecule has 0 saturated carbocycles. The molecule has 0 aromatic heterocycles. The first kappa shape index (κ1) is 41.3. The Morgan fingerprint density at radius 1 is 0.648 bits per heavy atom. The van der Waals surface area contributed by atoms with E-state index < -0.39 is 0 Å².